The molecule has 1 N–H and O–H groups in total. The fourth-order valence-corrected chi connectivity index (χ4v) is 6.53. The van der Waals surface area contributed by atoms with Gasteiger partial charge in [0.15, 0.2) is 0 Å². The maximum atomic E-state index is 14.8. The minimum absolute atomic E-state index is 0.0306. The van der Waals surface area contributed by atoms with Crippen LogP contribution in [0.3, 0.4) is 0 Å². The molecular formula is C33H37F4N3O4S. The maximum Gasteiger partial charge on any atom is 0.416 e. The Balaban J connectivity index is 1.60. The molecular weight excluding hydrogens is 610 g/mol. The highest BCUT2D eigenvalue weighted by Crippen LogP contribution is 2.32. The molecule has 7 nitrogen and oxygen atoms in total. The van der Waals surface area contributed by atoms with Crippen LogP contribution in [0.2, 0.25) is 0 Å². The largest absolute Gasteiger partial charge is 0.416 e. The van der Waals surface area contributed by atoms with Gasteiger partial charge in [0.25, 0.3) is 0 Å². The zero-order chi connectivity index (χ0) is 32.6. The predicted octanol–water partition coefficient (Wildman–Crippen LogP) is 6.09. The van der Waals surface area contributed by atoms with Crippen molar-refractivity contribution in [3.63, 3.8) is 0 Å². The lowest BCUT2D eigenvalue weighted by atomic mass is 10.0. The molecule has 0 heterocycles. The number of nitrogens with one attached hydrogen (secondary N) is 1. The third-order valence-corrected chi connectivity index (χ3v) is 9.08. The number of rotatable bonds is 13. The standard InChI is InChI=1S/C33H37F4N3O4S/c1-45(43,44)40(28-17-9-14-26(22-28)33(35,36)37)20-10-19-31(41)39(23-25-13-5-8-18-29(25)34)30(21-24-11-3-2-4-12-24)32(42)38-27-15-6-7-16-27/h2-5,8-9,11-14,17-18,22,27,30H,6-7,10,15-16,19-21,23H2,1H3,(H,38,42)/t30-/m0/s1. The van der Waals surface area contributed by atoms with Gasteiger partial charge in [0.1, 0.15) is 11.9 Å². The Morgan fingerprint density at radius 3 is 2.27 bits per heavy atom. The van der Waals surface area contributed by atoms with E-state index < -0.39 is 39.5 Å². The highest BCUT2D eigenvalue weighted by molar-refractivity contribution is 7.92. The molecule has 0 saturated heterocycles. The van der Waals surface area contributed by atoms with Crippen molar-refractivity contribution in [2.45, 2.75) is 69.8 Å². The summed E-state index contributed by atoms with van der Waals surface area (Å²) in [5, 5.41) is 3.06. The average molecular weight is 648 g/mol. The minimum atomic E-state index is -4.67. The molecule has 4 rings (SSSR count). The molecule has 0 spiro atoms. The second kappa shape index (κ2) is 14.9. The van der Waals surface area contributed by atoms with E-state index in [0.29, 0.717) is 0 Å². The number of halogens is 4. The maximum absolute atomic E-state index is 14.8. The van der Waals surface area contributed by atoms with Crippen LogP contribution in [0.25, 0.3) is 0 Å². The highest BCUT2D eigenvalue weighted by Gasteiger charge is 2.34. The van der Waals surface area contributed by atoms with Crippen molar-refractivity contribution in [1.82, 2.24) is 10.2 Å². The number of sulfonamides is 1. The van der Waals surface area contributed by atoms with Crippen molar-refractivity contribution in [2.24, 2.45) is 0 Å². The molecule has 45 heavy (non-hydrogen) atoms. The van der Waals surface area contributed by atoms with Crippen LogP contribution in [0.4, 0.5) is 23.2 Å². The van der Waals surface area contributed by atoms with Crippen LogP contribution in [0.15, 0.2) is 78.9 Å². The van der Waals surface area contributed by atoms with Crippen LogP contribution < -0.4 is 9.62 Å². The highest BCUT2D eigenvalue weighted by atomic mass is 32.2. The molecule has 1 aliphatic rings. The van der Waals surface area contributed by atoms with Crippen LogP contribution in [0, 0.1) is 5.82 Å². The van der Waals surface area contributed by atoms with E-state index in [1.54, 1.807) is 6.07 Å². The molecule has 0 radical (unpaired) electrons. The number of amides is 2. The van der Waals surface area contributed by atoms with Crippen molar-refractivity contribution in [3.05, 3.63) is 101 Å². The summed E-state index contributed by atoms with van der Waals surface area (Å²) in [4.78, 5) is 29.0. The summed E-state index contributed by atoms with van der Waals surface area (Å²) in [7, 11) is -4.01. The number of hydrogen-bond acceptors (Lipinski definition) is 4. The normalized spacial score (nSPS) is 14.6. The van der Waals surface area contributed by atoms with E-state index in [0.717, 1.165) is 60.0 Å². The predicted molar refractivity (Wildman–Crippen MR) is 164 cm³/mol. The second-order valence-electron chi connectivity index (χ2n) is 11.3. The van der Waals surface area contributed by atoms with Gasteiger partial charge in [-0.25, -0.2) is 12.8 Å². The number of nitrogens with zero attached hydrogens (tertiary/aromatic N) is 2. The van der Waals surface area contributed by atoms with Crippen molar-refractivity contribution in [3.8, 4) is 0 Å². The topological polar surface area (TPSA) is 86.8 Å². The van der Waals surface area contributed by atoms with Gasteiger partial charge in [-0.3, -0.25) is 13.9 Å². The molecule has 1 atom stereocenters. The van der Waals surface area contributed by atoms with Crippen molar-refractivity contribution < 1.29 is 35.6 Å². The Morgan fingerprint density at radius 2 is 1.62 bits per heavy atom. The first kappa shape index (κ1) is 34.0. The lowest BCUT2D eigenvalue weighted by Gasteiger charge is -2.33. The Bertz CT molecular complexity index is 1560. The summed E-state index contributed by atoms with van der Waals surface area (Å²) in [5.41, 5.74) is -0.179. The van der Waals surface area contributed by atoms with Crippen LogP contribution in [-0.4, -0.2) is 50.0 Å². The van der Waals surface area contributed by atoms with Crippen LogP contribution in [-0.2, 0) is 38.8 Å². The number of carbonyl (C=O) groups excluding carboxylic acids is 2. The van der Waals surface area contributed by atoms with E-state index in [1.165, 1.54) is 29.2 Å². The van der Waals surface area contributed by atoms with E-state index in [-0.39, 0.29) is 55.6 Å². The van der Waals surface area contributed by atoms with Gasteiger partial charge in [0.2, 0.25) is 21.8 Å². The van der Waals surface area contributed by atoms with Crippen molar-refractivity contribution in [2.75, 3.05) is 17.1 Å². The number of anilines is 1. The van der Waals surface area contributed by atoms with Gasteiger partial charge in [-0.15, -0.1) is 0 Å². The Morgan fingerprint density at radius 1 is 0.956 bits per heavy atom. The SMILES string of the molecule is CS(=O)(=O)N(CCCC(=O)N(Cc1ccccc1F)[C@@H](Cc1ccccc1)C(=O)NC1CCCC1)c1cccc(C(F)(F)F)c1. The van der Waals surface area contributed by atoms with Crippen LogP contribution in [0.1, 0.15) is 55.2 Å². The van der Waals surface area contributed by atoms with E-state index in [4.69, 9.17) is 0 Å². The third kappa shape index (κ3) is 9.53. The van der Waals surface area contributed by atoms with E-state index in [1.807, 2.05) is 30.3 Å². The zero-order valence-electron chi connectivity index (χ0n) is 25.0. The summed E-state index contributed by atoms with van der Waals surface area (Å²) in [6, 6.07) is 18.0. The molecule has 3 aromatic rings. The first-order valence-corrected chi connectivity index (χ1v) is 16.7. The number of carbonyl (C=O) groups is 2. The Kier molecular flexibility index (Phi) is 11.2. The molecule has 0 aromatic heterocycles. The molecule has 1 fully saturated rings. The molecule has 1 saturated carbocycles. The smallest absolute Gasteiger partial charge is 0.352 e. The number of alkyl halides is 3. The molecule has 2 amide bonds. The van der Waals surface area contributed by atoms with Crippen molar-refractivity contribution in [1.29, 1.82) is 0 Å². The Hall–Kier alpha value is -3.93. The summed E-state index contributed by atoms with van der Waals surface area (Å²) in [6.07, 6.45) is -0.315. The number of hydrogen-bond donors (Lipinski definition) is 1. The molecule has 242 valence electrons. The first-order chi connectivity index (χ1) is 21.3. The van der Waals surface area contributed by atoms with Gasteiger partial charge >= 0.3 is 6.18 Å². The molecule has 1 aliphatic carbocycles. The van der Waals surface area contributed by atoms with Crippen molar-refractivity contribution >= 4 is 27.5 Å². The van der Waals surface area contributed by atoms with Crippen LogP contribution in [0.5, 0.6) is 0 Å². The fraction of sp³-hybridized carbons (Fsp3) is 0.394. The molecule has 0 unspecified atom stereocenters. The average Bonchev–Trinajstić information content (AvgIpc) is 3.50. The van der Waals surface area contributed by atoms with Gasteiger partial charge in [-0.05, 0) is 49.1 Å². The van der Waals surface area contributed by atoms with E-state index >= 15 is 0 Å². The molecule has 0 aliphatic heterocycles. The third-order valence-electron chi connectivity index (χ3n) is 7.88. The molecule has 0 bridgehead atoms. The quantitative estimate of drug-likeness (QED) is 0.228. The van der Waals surface area contributed by atoms with Gasteiger partial charge < -0.3 is 10.2 Å². The molecule has 12 heteroatoms. The summed E-state index contributed by atoms with van der Waals surface area (Å²) in [6.45, 7) is -0.485. The Labute approximate surface area is 261 Å². The fourth-order valence-electron chi connectivity index (χ4n) is 5.57. The van der Waals surface area contributed by atoms with E-state index in [2.05, 4.69) is 5.32 Å². The monoisotopic (exact) mass is 647 g/mol. The van der Waals surface area contributed by atoms with E-state index in [9.17, 15) is 35.6 Å². The van der Waals surface area contributed by atoms with Gasteiger partial charge in [0.05, 0.1) is 17.5 Å². The first-order valence-electron chi connectivity index (χ1n) is 14.8. The lowest BCUT2D eigenvalue weighted by Crippen LogP contribution is -2.52. The summed E-state index contributed by atoms with van der Waals surface area (Å²) >= 11 is 0. The molecule has 3 aromatic carbocycles. The summed E-state index contributed by atoms with van der Waals surface area (Å²) < 4.78 is 80.8. The van der Waals surface area contributed by atoms with Gasteiger partial charge in [-0.1, -0.05) is 67.4 Å². The van der Waals surface area contributed by atoms with Crippen LogP contribution >= 0.6 is 0 Å². The second-order valence-corrected chi connectivity index (χ2v) is 13.2. The summed E-state index contributed by atoms with van der Waals surface area (Å²) in [5.74, 6) is -1.42. The van der Waals surface area contributed by atoms with Gasteiger partial charge in [-0.2, -0.15) is 13.2 Å². The number of benzene rings is 3. The van der Waals surface area contributed by atoms with Gasteiger partial charge in [0, 0.05) is 37.5 Å². The minimum Gasteiger partial charge on any atom is -0.352 e. The zero-order valence-corrected chi connectivity index (χ0v) is 25.8. The lowest BCUT2D eigenvalue weighted by molar-refractivity contribution is -0.141.